The van der Waals surface area contributed by atoms with Crippen molar-refractivity contribution in [2.75, 3.05) is 66.0 Å². The maximum Gasteiger partial charge on any atom is 0.255 e. The van der Waals surface area contributed by atoms with E-state index in [4.69, 9.17) is 40.3 Å². The number of carbonyl (C=O) groups excluding carboxylic acids is 4. The van der Waals surface area contributed by atoms with E-state index in [-0.39, 0.29) is 42.7 Å². The number of carbonyl (C=O) groups is 4. The first kappa shape index (κ1) is 44.7. The number of thiophene rings is 1. The van der Waals surface area contributed by atoms with E-state index < -0.39 is 18.0 Å². The number of imide groups is 1. The molecule has 2 N–H and O–H groups in total. The van der Waals surface area contributed by atoms with Gasteiger partial charge in [0, 0.05) is 39.6 Å². The van der Waals surface area contributed by atoms with E-state index in [0.717, 1.165) is 44.4 Å². The van der Waals surface area contributed by atoms with Gasteiger partial charge in [-0.2, -0.15) is 0 Å². The highest BCUT2D eigenvalue weighted by Gasteiger charge is 2.48. The number of hydrogen-bond acceptors (Lipinski definition) is 13. The fraction of sp³-hybridized carbons (Fsp3) is 0.489. The molecule has 4 amide bonds. The smallest absolute Gasteiger partial charge is 0.255 e. The molecule has 16 nitrogen and oxygen atoms in total. The van der Waals surface area contributed by atoms with Gasteiger partial charge in [-0.1, -0.05) is 35.9 Å². The lowest BCUT2D eigenvalue weighted by Crippen LogP contribution is -2.53. The van der Waals surface area contributed by atoms with E-state index in [1.54, 1.807) is 22.3 Å². The number of nitrogens with zero attached hydrogens (tertiary/aromatic N) is 5. The summed E-state index contributed by atoms with van der Waals surface area (Å²) >= 11 is 7.89. The van der Waals surface area contributed by atoms with Crippen molar-refractivity contribution in [1.82, 2.24) is 30.3 Å². The molecule has 0 bridgehead atoms. The first-order chi connectivity index (χ1) is 30.6. The minimum Gasteiger partial charge on any atom is -0.377 e. The second kappa shape index (κ2) is 20.3. The van der Waals surface area contributed by atoms with Gasteiger partial charge >= 0.3 is 0 Å². The number of piperidine rings is 1. The molecule has 0 radical (unpaired) electrons. The number of rotatable bonds is 20. The second-order valence-corrected chi connectivity index (χ2v) is 17.5. The van der Waals surface area contributed by atoms with E-state index in [1.807, 2.05) is 47.9 Å². The summed E-state index contributed by atoms with van der Waals surface area (Å²) in [6.45, 7) is 9.97. The Balaban J connectivity index is 0.680. The van der Waals surface area contributed by atoms with Gasteiger partial charge in [0.1, 0.15) is 22.9 Å². The Kier molecular flexibility index (Phi) is 14.4. The lowest BCUT2D eigenvalue weighted by atomic mass is 9.84. The molecule has 1 aliphatic carbocycles. The SMILES string of the molecule is Cc1sc2c(c1C)C(c1ccc(Cl)cc1)=N[C@@H](CC(=O)NCCOCCOCCOCCOCCOC1CCC3c4c(cccc41)C(=O)N3C1CCC(=O)NC1=O)c1nnc(C)n1-2. The van der Waals surface area contributed by atoms with Crippen LogP contribution in [0.25, 0.3) is 5.00 Å². The average Bonchev–Trinajstić information content (AvgIpc) is 3.86. The summed E-state index contributed by atoms with van der Waals surface area (Å²) in [5.41, 5.74) is 6.37. The van der Waals surface area contributed by atoms with Gasteiger partial charge in [0.25, 0.3) is 5.91 Å². The Bertz CT molecular complexity index is 2370. The summed E-state index contributed by atoms with van der Waals surface area (Å²) in [7, 11) is 0. The molecule has 2 aromatic heterocycles. The Labute approximate surface area is 374 Å². The van der Waals surface area contributed by atoms with E-state index in [2.05, 4.69) is 34.7 Å². The highest BCUT2D eigenvalue weighted by molar-refractivity contribution is 7.15. The van der Waals surface area contributed by atoms with Crippen LogP contribution in [0.3, 0.4) is 0 Å². The zero-order chi connectivity index (χ0) is 44.0. The molecule has 18 heteroatoms. The minimum absolute atomic E-state index is 0.0980. The van der Waals surface area contributed by atoms with Gasteiger partial charge < -0.3 is 33.9 Å². The Morgan fingerprint density at radius 3 is 2.27 bits per heavy atom. The monoisotopic (exact) mass is 901 g/mol. The van der Waals surface area contributed by atoms with E-state index >= 15 is 0 Å². The lowest BCUT2D eigenvalue weighted by Gasteiger charge is -2.37. The molecule has 63 heavy (non-hydrogen) atoms. The van der Waals surface area contributed by atoms with E-state index in [0.29, 0.717) is 102 Å². The van der Waals surface area contributed by atoms with Crippen LogP contribution >= 0.6 is 22.9 Å². The molecule has 0 spiro atoms. The molecule has 1 saturated heterocycles. The molecule has 3 aliphatic heterocycles. The van der Waals surface area contributed by atoms with E-state index in [1.165, 1.54) is 4.88 Å². The van der Waals surface area contributed by atoms with Crippen molar-refractivity contribution in [3.05, 3.63) is 97.4 Å². The van der Waals surface area contributed by atoms with Gasteiger partial charge in [-0.15, -0.1) is 21.5 Å². The quantitative estimate of drug-likeness (QED) is 0.0875. The summed E-state index contributed by atoms with van der Waals surface area (Å²) in [6.07, 6.45) is 1.86. The third kappa shape index (κ3) is 9.79. The third-order valence-corrected chi connectivity index (χ3v) is 13.3. The van der Waals surface area contributed by atoms with Crippen molar-refractivity contribution in [2.45, 2.75) is 77.1 Å². The Morgan fingerprint density at radius 1 is 0.857 bits per heavy atom. The van der Waals surface area contributed by atoms with Gasteiger partial charge in [0.05, 0.1) is 83.7 Å². The molecule has 2 aromatic carbocycles. The maximum absolute atomic E-state index is 13.4. The molecule has 4 aliphatic rings. The number of aliphatic imine (C=N–C) groups is 1. The van der Waals surface area contributed by atoms with Crippen LogP contribution in [0.2, 0.25) is 5.02 Å². The molecule has 1 fully saturated rings. The van der Waals surface area contributed by atoms with Gasteiger partial charge in [0.2, 0.25) is 17.7 Å². The highest BCUT2D eigenvalue weighted by Crippen LogP contribution is 2.48. The van der Waals surface area contributed by atoms with Crippen LogP contribution in [0.4, 0.5) is 0 Å². The van der Waals surface area contributed by atoms with Crippen LogP contribution in [-0.2, 0) is 38.1 Å². The van der Waals surface area contributed by atoms with Gasteiger partial charge in [0.15, 0.2) is 5.82 Å². The predicted molar refractivity (Wildman–Crippen MR) is 234 cm³/mol. The van der Waals surface area contributed by atoms with Crippen molar-refractivity contribution < 1.29 is 42.9 Å². The van der Waals surface area contributed by atoms with Gasteiger partial charge in [-0.3, -0.25) is 34.1 Å². The number of amides is 4. The van der Waals surface area contributed by atoms with Crippen LogP contribution in [0.5, 0.6) is 0 Å². The first-order valence-corrected chi connectivity index (χ1v) is 22.6. The number of ether oxygens (including phenoxy) is 5. The van der Waals surface area contributed by atoms with Crippen LogP contribution in [0.1, 0.15) is 105 Å². The molecule has 3 unspecified atom stereocenters. The van der Waals surface area contributed by atoms with Crippen molar-refractivity contribution in [3.63, 3.8) is 0 Å². The molecular weight excluding hydrogens is 850 g/mol. The van der Waals surface area contributed by atoms with Crippen molar-refractivity contribution in [2.24, 2.45) is 4.99 Å². The fourth-order valence-electron chi connectivity index (χ4n) is 8.72. The number of hydrogen-bond donors (Lipinski definition) is 2. The number of aromatic nitrogens is 3. The Hall–Kier alpha value is -4.88. The molecule has 334 valence electrons. The summed E-state index contributed by atoms with van der Waals surface area (Å²) in [4.78, 5) is 59.0. The van der Waals surface area contributed by atoms with Crippen LogP contribution in [-0.4, -0.2) is 121 Å². The minimum atomic E-state index is -0.648. The standard InChI is InChI=1S/C45H52ClN7O9S/c1-26-27(2)63-45-39(26)41(29-7-9-30(46)10-8-29)48-33(42-51-50-28(3)52(42)45)25-38(55)47-15-16-58-17-18-59-19-20-60-21-22-61-23-24-62-36-13-11-34-40-31(36)5-4-6-32(40)44(57)53(34)35-12-14-37(54)49-43(35)56/h4-10,33-36H,11-25H2,1-3H3,(H,47,55)(H,49,54,56)/t33-,34?,35?,36?/m0/s1. The molecule has 4 aromatic rings. The fourth-order valence-corrected chi connectivity index (χ4v) is 10.1. The predicted octanol–water partition coefficient (Wildman–Crippen LogP) is 5.23. The number of benzene rings is 2. The normalized spacial score (nSPS) is 20.2. The van der Waals surface area contributed by atoms with Crippen molar-refractivity contribution in [1.29, 1.82) is 0 Å². The van der Waals surface area contributed by atoms with Gasteiger partial charge in [-0.25, -0.2) is 0 Å². The van der Waals surface area contributed by atoms with E-state index in [9.17, 15) is 19.2 Å². The third-order valence-electron chi connectivity index (χ3n) is 11.8. The number of fused-ring (bicyclic) bond motifs is 3. The molecule has 4 atom stereocenters. The number of aryl methyl sites for hydroxylation is 2. The highest BCUT2D eigenvalue weighted by atomic mass is 35.5. The van der Waals surface area contributed by atoms with Crippen LogP contribution < -0.4 is 10.6 Å². The number of nitrogens with one attached hydrogen (secondary N) is 2. The largest absolute Gasteiger partial charge is 0.377 e. The summed E-state index contributed by atoms with van der Waals surface area (Å²) in [5, 5.41) is 15.8. The molecule has 8 rings (SSSR count). The van der Waals surface area contributed by atoms with Crippen molar-refractivity contribution >= 4 is 52.3 Å². The molecule has 0 saturated carbocycles. The lowest BCUT2D eigenvalue weighted by molar-refractivity contribution is -0.137. The van der Waals surface area contributed by atoms with Crippen LogP contribution in [0, 0.1) is 20.8 Å². The maximum atomic E-state index is 13.4. The Morgan fingerprint density at radius 2 is 1.56 bits per heavy atom. The summed E-state index contributed by atoms with van der Waals surface area (Å²) < 4.78 is 30.9. The van der Waals surface area contributed by atoms with Gasteiger partial charge in [-0.05, 0) is 74.9 Å². The summed E-state index contributed by atoms with van der Waals surface area (Å²) in [6, 6.07) is 11.9. The zero-order valence-electron chi connectivity index (χ0n) is 35.7. The second-order valence-electron chi connectivity index (χ2n) is 15.8. The topological polar surface area (TPSA) is 185 Å². The molecular formula is C45H52ClN7O9S. The van der Waals surface area contributed by atoms with Crippen LogP contribution in [0.15, 0.2) is 47.5 Å². The molecule has 5 heterocycles. The zero-order valence-corrected chi connectivity index (χ0v) is 37.2. The average molecular weight is 902 g/mol. The van der Waals surface area contributed by atoms with Crippen molar-refractivity contribution in [3.8, 4) is 5.00 Å². The first-order valence-electron chi connectivity index (χ1n) is 21.5. The summed E-state index contributed by atoms with van der Waals surface area (Å²) in [5.74, 6) is 0.328. The number of halogens is 1.